The summed E-state index contributed by atoms with van der Waals surface area (Å²) in [5.41, 5.74) is -0.686. The van der Waals surface area contributed by atoms with Crippen molar-refractivity contribution in [3.8, 4) is 0 Å². The van der Waals surface area contributed by atoms with E-state index in [4.69, 9.17) is 0 Å². The fraction of sp³-hybridized carbons (Fsp3) is 0.500. The summed E-state index contributed by atoms with van der Waals surface area (Å²) in [4.78, 5) is 41.2. The van der Waals surface area contributed by atoms with Crippen molar-refractivity contribution in [2.24, 2.45) is 0 Å². The van der Waals surface area contributed by atoms with Gasteiger partial charge in [0.15, 0.2) is 0 Å². The highest BCUT2D eigenvalue weighted by Crippen LogP contribution is 2.37. The number of benzene rings is 1. The lowest BCUT2D eigenvalue weighted by molar-refractivity contribution is -0.137. The van der Waals surface area contributed by atoms with Crippen LogP contribution in [0, 0.1) is 0 Å². The van der Waals surface area contributed by atoms with E-state index in [0.29, 0.717) is 26.2 Å². The van der Waals surface area contributed by atoms with Crippen LogP contribution in [-0.2, 0) is 20.6 Å². The van der Waals surface area contributed by atoms with E-state index in [1.54, 1.807) is 11.8 Å². The van der Waals surface area contributed by atoms with E-state index < -0.39 is 23.7 Å². The topological polar surface area (TPSA) is 73.0 Å². The Morgan fingerprint density at radius 2 is 1.79 bits per heavy atom. The fourth-order valence-electron chi connectivity index (χ4n) is 3.47. The van der Waals surface area contributed by atoms with Crippen LogP contribution < -0.4 is 10.2 Å². The minimum absolute atomic E-state index is 0.0271. The van der Waals surface area contributed by atoms with E-state index in [9.17, 15) is 27.6 Å². The summed E-state index contributed by atoms with van der Waals surface area (Å²) in [6.45, 7) is 4.94. The number of hydrogen-bond acceptors (Lipinski definition) is 4. The molecule has 0 aromatic heterocycles. The van der Waals surface area contributed by atoms with Crippen LogP contribution in [0.25, 0.3) is 0 Å². The molecule has 0 aliphatic carbocycles. The van der Waals surface area contributed by atoms with Gasteiger partial charge in [-0.1, -0.05) is 0 Å². The highest BCUT2D eigenvalue weighted by Gasteiger charge is 2.36. The lowest BCUT2D eigenvalue weighted by Gasteiger charge is -2.39. The smallest absolute Gasteiger partial charge is 0.340 e. The zero-order valence-electron chi connectivity index (χ0n) is 15.5. The summed E-state index contributed by atoms with van der Waals surface area (Å²) in [6, 6.07) is 2.36. The van der Waals surface area contributed by atoms with E-state index in [-0.39, 0.29) is 29.7 Å². The summed E-state index contributed by atoms with van der Waals surface area (Å²) in [7, 11) is 0. The van der Waals surface area contributed by atoms with Gasteiger partial charge in [0.25, 0.3) is 0 Å². The van der Waals surface area contributed by atoms with Crippen molar-refractivity contribution in [1.82, 2.24) is 9.80 Å². The average Bonchev–Trinajstić information content (AvgIpc) is 2.65. The Labute approximate surface area is 160 Å². The summed E-state index contributed by atoms with van der Waals surface area (Å²) < 4.78 is 38.8. The van der Waals surface area contributed by atoms with Crippen LogP contribution in [0.3, 0.4) is 0 Å². The standard InChI is InChI=1S/C18H21F3N4O3/c1-11(23-5-7-24(8-6-23)12(2)26)17(28)25-10-16(27)22-14-9-13(18(19,20)21)3-4-15(14)25/h3-4,9,11H,5-8,10H2,1-2H3,(H,22,27). The van der Waals surface area contributed by atoms with Gasteiger partial charge in [-0.15, -0.1) is 0 Å². The molecule has 3 rings (SSSR count). The molecule has 1 aromatic rings. The number of amides is 3. The monoisotopic (exact) mass is 398 g/mol. The van der Waals surface area contributed by atoms with Crippen molar-refractivity contribution in [2.45, 2.75) is 26.1 Å². The van der Waals surface area contributed by atoms with Gasteiger partial charge in [-0.3, -0.25) is 24.2 Å². The predicted molar refractivity (Wildman–Crippen MR) is 95.7 cm³/mol. The molecule has 7 nitrogen and oxygen atoms in total. The van der Waals surface area contributed by atoms with Crippen LogP contribution in [-0.4, -0.2) is 66.3 Å². The quantitative estimate of drug-likeness (QED) is 0.821. The van der Waals surface area contributed by atoms with Crippen molar-refractivity contribution in [3.63, 3.8) is 0 Å². The maximum absolute atomic E-state index is 13.0. The zero-order chi connectivity index (χ0) is 20.6. The first-order valence-electron chi connectivity index (χ1n) is 8.90. The molecule has 2 aliphatic heterocycles. The van der Waals surface area contributed by atoms with Crippen molar-refractivity contribution < 1.29 is 27.6 Å². The first-order valence-corrected chi connectivity index (χ1v) is 8.90. The molecule has 0 spiro atoms. The second-order valence-corrected chi connectivity index (χ2v) is 6.92. The van der Waals surface area contributed by atoms with Crippen LogP contribution in [0.1, 0.15) is 19.4 Å². The SMILES string of the molecule is CC(=O)N1CCN(C(C)C(=O)N2CC(=O)Nc3cc(C(F)(F)F)ccc32)CC1. The highest BCUT2D eigenvalue weighted by molar-refractivity contribution is 6.11. The third kappa shape index (κ3) is 3.96. The number of carbonyl (C=O) groups excluding carboxylic acids is 3. The molecule has 1 saturated heterocycles. The van der Waals surface area contributed by atoms with E-state index in [1.807, 2.05) is 4.90 Å². The number of rotatable bonds is 2. The van der Waals surface area contributed by atoms with Gasteiger partial charge in [-0.2, -0.15) is 13.2 Å². The molecule has 1 fully saturated rings. The average molecular weight is 398 g/mol. The Balaban J connectivity index is 1.79. The molecule has 0 bridgehead atoms. The first-order chi connectivity index (χ1) is 13.1. The molecule has 1 N–H and O–H groups in total. The zero-order valence-corrected chi connectivity index (χ0v) is 15.5. The number of hydrogen-bond donors (Lipinski definition) is 1. The Bertz CT molecular complexity index is 804. The van der Waals surface area contributed by atoms with Crippen molar-refractivity contribution >= 4 is 29.1 Å². The second-order valence-electron chi connectivity index (χ2n) is 6.92. The van der Waals surface area contributed by atoms with Gasteiger partial charge in [0.1, 0.15) is 6.54 Å². The van der Waals surface area contributed by atoms with Crippen molar-refractivity contribution in [1.29, 1.82) is 0 Å². The molecule has 2 heterocycles. The number of carbonyl (C=O) groups is 3. The molecule has 0 saturated carbocycles. The Morgan fingerprint density at radius 3 is 2.36 bits per heavy atom. The lowest BCUT2D eigenvalue weighted by Crippen LogP contribution is -2.56. The molecule has 1 aromatic carbocycles. The molecule has 10 heteroatoms. The summed E-state index contributed by atoms with van der Waals surface area (Å²) >= 11 is 0. The lowest BCUT2D eigenvalue weighted by atomic mass is 10.1. The number of halogens is 3. The van der Waals surface area contributed by atoms with E-state index >= 15 is 0 Å². The molecule has 3 amide bonds. The van der Waals surface area contributed by atoms with Gasteiger partial charge in [-0.05, 0) is 25.1 Å². The number of anilines is 2. The van der Waals surface area contributed by atoms with E-state index in [0.717, 1.165) is 12.1 Å². The van der Waals surface area contributed by atoms with Crippen LogP contribution in [0.2, 0.25) is 0 Å². The Morgan fingerprint density at radius 1 is 1.14 bits per heavy atom. The first kappa shape index (κ1) is 20.1. The van der Waals surface area contributed by atoms with Crippen molar-refractivity contribution in [3.05, 3.63) is 23.8 Å². The normalized spacial score (nSPS) is 19.1. The fourth-order valence-corrected chi connectivity index (χ4v) is 3.47. The van der Waals surface area contributed by atoms with Gasteiger partial charge in [0.05, 0.1) is 23.0 Å². The summed E-state index contributed by atoms with van der Waals surface area (Å²) in [5.74, 6) is -0.943. The number of piperazine rings is 1. The molecule has 1 atom stereocenters. The van der Waals surface area contributed by atoms with Gasteiger partial charge in [0, 0.05) is 33.1 Å². The molecule has 28 heavy (non-hydrogen) atoms. The van der Waals surface area contributed by atoms with Crippen LogP contribution >= 0.6 is 0 Å². The van der Waals surface area contributed by atoms with E-state index in [2.05, 4.69) is 5.32 Å². The minimum Gasteiger partial charge on any atom is -0.340 e. The van der Waals surface area contributed by atoms with Gasteiger partial charge in [0.2, 0.25) is 17.7 Å². The van der Waals surface area contributed by atoms with Crippen LogP contribution in [0.5, 0.6) is 0 Å². The molecule has 1 unspecified atom stereocenters. The number of nitrogens with zero attached hydrogens (tertiary/aromatic N) is 3. The summed E-state index contributed by atoms with van der Waals surface area (Å²) in [6.07, 6.45) is -4.55. The molecular weight excluding hydrogens is 377 g/mol. The second kappa shape index (κ2) is 7.42. The largest absolute Gasteiger partial charge is 0.416 e. The third-order valence-corrected chi connectivity index (χ3v) is 5.12. The number of alkyl halides is 3. The molecule has 0 radical (unpaired) electrons. The van der Waals surface area contributed by atoms with Crippen LogP contribution in [0.15, 0.2) is 18.2 Å². The van der Waals surface area contributed by atoms with Gasteiger partial charge >= 0.3 is 6.18 Å². The molecular formula is C18H21F3N4O3. The van der Waals surface area contributed by atoms with Gasteiger partial charge < -0.3 is 10.2 Å². The minimum atomic E-state index is -4.55. The number of nitrogens with one attached hydrogen (secondary N) is 1. The predicted octanol–water partition coefficient (Wildman–Crippen LogP) is 1.54. The van der Waals surface area contributed by atoms with Crippen molar-refractivity contribution in [2.75, 3.05) is 42.9 Å². The molecule has 2 aliphatic rings. The van der Waals surface area contributed by atoms with Crippen LogP contribution in [0.4, 0.5) is 24.5 Å². The highest BCUT2D eigenvalue weighted by atomic mass is 19.4. The third-order valence-electron chi connectivity index (χ3n) is 5.12. The maximum atomic E-state index is 13.0. The summed E-state index contributed by atoms with van der Waals surface area (Å²) in [5, 5.41) is 2.40. The molecule has 152 valence electrons. The Hall–Kier alpha value is -2.62. The van der Waals surface area contributed by atoms with Gasteiger partial charge in [-0.25, -0.2) is 0 Å². The number of fused-ring (bicyclic) bond motifs is 1. The van der Waals surface area contributed by atoms with E-state index in [1.165, 1.54) is 17.9 Å². The maximum Gasteiger partial charge on any atom is 0.416 e. The Kier molecular flexibility index (Phi) is 5.33.